The van der Waals surface area contributed by atoms with Crippen LogP contribution in [0.2, 0.25) is 0 Å². The highest BCUT2D eigenvalue weighted by molar-refractivity contribution is 9.10. The van der Waals surface area contributed by atoms with Crippen LogP contribution in [0.5, 0.6) is 11.5 Å². The van der Waals surface area contributed by atoms with Crippen LogP contribution >= 0.6 is 15.9 Å². The van der Waals surface area contributed by atoms with Crippen molar-refractivity contribution in [3.63, 3.8) is 0 Å². The summed E-state index contributed by atoms with van der Waals surface area (Å²) in [7, 11) is 1.28. The van der Waals surface area contributed by atoms with Crippen molar-refractivity contribution in [1.82, 2.24) is 0 Å². The van der Waals surface area contributed by atoms with Gasteiger partial charge in [-0.15, -0.1) is 0 Å². The number of esters is 2. The zero-order valence-corrected chi connectivity index (χ0v) is 17.1. The molecule has 0 N–H and O–H groups in total. The van der Waals surface area contributed by atoms with Crippen LogP contribution in [0.25, 0.3) is 0 Å². The maximum Gasteiger partial charge on any atom is 0.343 e. The van der Waals surface area contributed by atoms with Crippen molar-refractivity contribution >= 4 is 27.9 Å². The molecule has 0 spiro atoms. The fourth-order valence-electron chi connectivity index (χ4n) is 2.45. The van der Waals surface area contributed by atoms with Gasteiger partial charge in [0, 0.05) is 0 Å². The molecular weight excluding hydrogens is 412 g/mol. The summed E-state index contributed by atoms with van der Waals surface area (Å²) < 4.78 is 16.5. The van der Waals surface area contributed by atoms with Gasteiger partial charge in [0.05, 0.1) is 23.8 Å². The summed E-state index contributed by atoms with van der Waals surface area (Å²) in [6.07, 6.45) is 4.51. The molecule has 0 aromatic heterocycles. The van der Waals surface area contributed by atoms with Gasteiger partial charge in [0.1, 0.15) is 17.1 Å². The number of hydrogen-bond acceptors (Lipinski definition) is 5. The van der Waals surface area contributed by atoms with Crippen LogP contribution in [0.3, 0.4) is 0 Å². The zero-order chi connectivity index (χ0) is 19.6. The number of carbonyl (C=O) groups is 2. The summed E-state index contributed by atoms with van der Waals surface area (Å²) in [6.45, 7) is 2.80. The second-order valence-electron chi connectivity index (χ2n) is 5.93. The van der Waals surface area contributed by atoms with Crippen molar-refractivity contribution in [2.24, 2.45) is 0 Å². The first kappa shape index (κ1) is 21.0. The molecule has 0 aliphatic carbocycles. The molecule has 0 atom stereocenters. The third-order valence-electron chi connectivity index (χ3n) is 3.92. The summed E-state index contributed by atoms with van der Waals surface area (Å²) in [5.41, 5.74) is 0.541. The average molecular weight is 435 g/mol. The highest BCUT2D eigenvalue weighted by atomic mass is 79.9. The fraction of sp³-hybridized carbons (Fsp3) is 0.333. The molecule has 2 aromatic carbocycles. The van der Waals surface area contributed by atoms with E-state index in [1.54, 1.807) is 42.5 Å². The van der Waals surface area contributed by atoms with Gasteiger partial charge in [0.2, 0.25) is 0 Å². The Morgan fingerprint density at radius 1 is 0.963 bits per heavy atom. The Morgan fingerprint density at radius 3 is 2.44 bits per heavy atom. The zero-order valence-electron chi connectivity index (χ0n) is 15.5. The molecule has 5 nitrogen and oxygen atoms in total. The van der Waals surface area contributed by atoms with Crippen molar-refractivity contribution in [2.75, 3.05) is 13.7 Å². The van der Waals surface area contributed by atoms with E-state index in [4.69, 9.17) is 14.2 Å². The van der Waals surface area contributed by atoms with E-state index >= 15 is 0 Å². The number of benzene rings is 2. The smallest absolute Gasteiger partial charge is 0.343 e. The van der Waals surface area contributed by atoms with E-state index in [2.05, 4.69) is 22.9 Å². The van der Waals surface area contributed by atoms with Crippen LogP contribution in [0.1, 0.15) is 53.3 Å². The Balaban J connectivity index is 2.03. The van der Waals surface area contributed by atoms with Gasteiger partial charge in [-0.25, -0.2) is 9.59 Å². The molecule has 0 saturated carbocycles. The van der Waals surface area contributed by atoms with Gasteiger partial charge in [0.15, 0.2) is 0 Å². The number of carbonyl (C=O) groups excluding carboxylic acids is 2. The Morgan fingerprint density at radius 2 is 1.74 bits per heavy atom. The van der Waals surface area contributed by atoms with Crippen LogP contribution < -0.4 is 9.47 Å². The van der Waals surface area contributed by atoms with E-state index in [9.17, 15) is 9.59 Å². The summed E-state index contributed by atoms with van der Waals surface area (Å²) in [6, 6.07) is 11.5. The molecule has 0 unspecified atom stereocenters. The van der Waals surface area contributed by atoms with Gasteiger partial charge in [-0.2, -0.15) is 0 Å². The molecule has 27 heavy (non-hydrogen) atoms. The third kappa shape index (κ3) is 6.10. The van der Waals surface area contributed by atoms with Crippen molar-refractivity contribution in [3.8, 4) is 11.5 Å². The largest absolute Gasteiger partial charge is 0.492 e. The third-order valence-corrected chi connectivity index (χ3v) is 4.54. The van der Waals surface area contributed by atoms with Crippen LogP contribution in [0, 0.1) is 0 Å². The second kappa shape index (κ2) is 10.7. The van der Waals surface area contributed by atoms with Crippen LogP contribution in [-0.4, -0.2) is 25.7 Å². The van der Waals surface area contributed by atoms with Crippen LogP contribution in [0.15, 0.2) is 46.9 Å². The first-order valence-electron chi connectivity index (χ1n) is 8.88. The minimum atomic E-state index is -0.568. The molecule has 6 heteroatoms. The Hall–Kier alpha value is -2.34. The molecule has 0 radical (unpaired) electrons. The molecule has 0 bridgehead atoms. The number of rotatable bonds is 9. The molecule has 0 amide bonds. The van der Waals surface area contributed by atoms with Gasteiger partial charge in [-0.1, -0.05) is 38.3 Å². The maximum absolute atomic E-state index is 12.4. The number of unbranched alkanes of at least 4 members (excludes halogenated alkanes) is 3. The van der Waals surface area contributed by atoms with Crippen molar-refractivity contribution in [2.45, 2.75) is 32.6 Å². The average Bonchev–Trinajstić information content (AvgIpc) is 2.68. The summed E-state index contributed by atoms with van der Waals surface area (Å²) in [5.74, 6) is -0.298. The van der Waals surface area contributed by atoms with Gasteiger partial charge >= 0.3 is 11.9 Å². The SMILES string of the molecule is CCCCCCOc1ccc(C(=O)Oc2ccccc2C(=O)OC)cc1Br. The minimum Gasteiger partial charge on any atom is -0.492 e. The van der Waals surface area contributed by atoms with Gasteiger partial charge in [-0.05, 0) is 52.7 Å². The quantitative estimate of drug-likeness (QED) is 0.299. The first-order chi connectivity index (χ1) is 13.1. The van der Waals surface area contributed by atoms with Crippen molar-refractivity contribution in [1.29, 1.82) is 0 Å². The highest BCUT2D eigenvalue weighted by Crippen LogP contribution is 2.27. The Labute approximate surface area is 167 Å². The Bertz CT molecular complexity index is 788. The summed E-state index contributed by atoms with van der Waals surface area (Å²) >= 11 is 3.43. The molecule has 0 saturated heterocycles. The first-order valence-corrected chi connectivity index (χ1v) is 9.68. The van der Waals surface area contributed by atoms with Crippen LogP contribution in [-0.2, 0) is 4.74 Å². The van der Waals surface area contributed by atoms with E-state index in [1.807, 2.05) is 0 Å². The van der Waals surface area contributed by atoms with Crippen molar-refractivity contribution < 1.29 is 23.8 Å². The van der Waals surface area contributed by atoms with E-state index in [0.717, 1.165) is 12.8 Å². The molecule has 144 valence electrons. The second-order valence-corrected chi connectivity index (χ2v) is 6.79. The number of methoxy groups -OCH3 is 1. The van der Waals surface area contributed by atoms with Crippen LogP contribution in [0.4, 0.5) is 0 Å². The fourth-order valence-corrected chi connectivity index (χ4v) is 2.94. The number of para-hydroxylation sites is 1. The maximum atomic E-state index is 12.4. The molecule has 0 heterocycles. The lowest BCUT2D eigenvalue weighted by Gasteiger charge is -2.11. The predicted molar refractivity (Wildman–Crippen MR) is 107 cm³/mol. The summed E-state index contributed by atoms with van der Waals surface area (Å²) in [5, 5.41) is 0. The highest BCUT2D eigenvalue weighted by Gasteiger charge is 2.17. The summed E-state index contributed by atoms with van der Waals surface area (Å²) in [4.78, 5) is 24.2. The van der Waals surface area contributed by atoms with Gasteiger partial charge in [0.25, 0.3) is 0 Å². The van der Waals surface area contributed by atoms with E-state index in [-0.39, 0.29) is 11.3 Å². The Kier molecular flexibility index (Phi) is 8.33. The van der Waals surface area contributed by atoms with E-state index in [0.29, 0.717) is 22.4 Å². The number of halogens is 1. The van der Waals surface area contributed by atoms with Gasteiger partial charge < -0.3 is 14.2 Å². The lowest BCUT2D eigenvalue weighted by atomic mass is 10.2. The van der Waals surface area contributed by atoms with E-state index < -0.39 is 11.9 Å². The molecule has 0 aliphatic rings. The van der Waals surface area contributed by atoms with E-state index in [1.165, 1.54) is 20.0 Å². The van der Waals surface area contributed by atoms with Gasteiger partial charge in [-0.3, -0.25) is 0 Å². The molecule has 2 rings (SSSR count). The number of ether oxygens (including phenoxy) is 3. The minimum absolute atomic E-state index is 0.154. The van der Waals surface area contributed by atoms with Crippen molar-refractivity contribution in [3.05, 3.63) is 58.1 Å². The number of hydrogen-bond donors (Lipinski definition) is 0. The monoisotopic (exact) mass is 434 g/mol. The topological polar surface area (TPSA) is 61.8 Å². The lowest BCUT2D eigenvalue weighted by Crippen LogP contribution is -2.12. The molecule has 0 fully saturated rings. The molecule has 0 aliphatic heterocycles. The standard InChI is InChI=1S/C21H23BrO5/c1-3-4-5-8-13-26-19-12-11-15(14-17(19)22)20(23)27-18-10-7-6-9-16(18)21(24)25-2/h6-7,9-12,14H,3-5,8,13H2,1-2H3. The molecule has 2 aromatic rings. The normalized spacial score (nSPS) is 10.3. The predicted octanol–water partition coefficient (Wildman–Crippen LogP) is 5.41. The molecular formula is C21H23BrO5. The lowest BCUT2D eigenvalue weighted by molar-refractivity contribution is 0.0593.